The average molecular weight is 1590 g/mol. The molecule has 109 heavy (non-hydrogen) atoms. The summed E-state index contributed by atoms with van der Waals surface area (Å²) >= 11 is 0. The van der Waals surface area contributed by atoms with Crippen molar-refractivity contribution in [3.05, 3.63) is 34.9 Å². The molecule has 8 aliphatic heterocycles. The number of carbonyl (C=O) groups excluding carboxylic acids is 2. The van der Waals surface area contributed by atoms with Crippen LogP contribution >= 0.6 is 0 Å². The fourth-order valence-corrected chi connectivity index (χ4v) is 12.4. The summed E-state index contributed by atoms with van der Waals surface area (Å²) in [6.45, 7) is 4.82. The highest BCUT2D eigenvalue weighted by atomic mass is 17.2. The summed E-state index contributed by atoms with van der Waals surface area (Å²) in [7, 11) is 0. The molecule has 0 aliphatic carbocycles. The number of rotatable bonds is 29. The number of hydrogen-bond donors (Lipinski definition) is 21. The first-order valence-electron chi connectivity index (χ1n) is 34.3. The molecule has 8 saturated heterocycles. The van der Waals surface area contributed by atoms with Crippen LogP contribution in [-0.2, 0) is 105 Å². The standard InChI is InChI=1S/C63H98O46/c1-60(2,109-106-28-16-92-54(87)41(76)35(28)70)49-39(74)34(69)26(15-88-49)104-107-58-45(80)37(72)47(99-62(5,6)102-55-42(77)31(66)23(64)12-93-55)29(96-58)18-89-51(84)20-9-10-21(50(82)83)22(11-20)52(85)90-19-30-48(100-63(7,8)103-56-43(78)32(67)24(65)13-94-56)38(73)46(81)59(97-30)108-105-27-17-95-57(44(79)36(27)71)101-61(3,4)98-25-14-91-53(86)40(75)33(25)68/h9-11,23-49,53-59,64-81,86-87H,12-19H2,1-8H3,(H,82,83). The Balaban J connectivity index is 0.887. The maximum atomic E-state index is 14.3. The van der Waals surface area contributed by atoms with Gasteiger partial charge in [-0.15, -0.1) is 0 Å². The molecule has 46 heteroatoms. The Kier molecular flexibility index (Phi) is 30.1. The quantitative estimate of drug-likeness (QED) is 0.0153. The highest BCUT2D eigenvalue weighted by Gasteiger charge is 2.56. The van der Waals surface area contributed by atoms with E-state index in [1.54, 1.807) is 0 Å². The predicted molar refractivity (Wildman–Crippen MR) is 334 cm³/mol. The lowest BCUT2D eigenvalue weighted by molar-refractivity contribution is -0.465. The fourth-order valence-electron chi connectivity index (χ4n) is 12.4. The number of esters is 2. The molecule has 626 valence electrons. The van der Waals surface area contributed by atoms with Gasteiger partial charge in [0, 0.05) is 0 Å². The minimum Gasteiger partial charge on any atom is -0.478 e. The summed E-state index contributed by atoms with van der Waals surface area (Å²) in [5.74, 6) is -10.6. The Hall–Kier alpha value is -3.97. The van der Waals surface area contributed by atoms with Gasteiger partial charge in [-0.2, -0.15) is 0 Å². The molecule has 9 rings (SSSR count). The first-order valence-corrected chi connectivity index (χ1v) is 34.3. The van der Waals surface area contributed by atoms with Crippen LogP contribution in [0.4, 0.5) is 0 Å². The molecule has 34 unspecified atom stereocenters. The van der Waals surface area contributed by atoms with Crippen LogP contribution in [0.15, 0.2) is 18.2 Å². The topological polar surface area (TPSA) is 679 Å². The number of aromatic carboxylic acids is 1. The van der Waals surface area contributed by atoms with E-state index in [2.05, 4.69) is 0 Å². The molecule has 0 spiro atoms. The zero-order valence-corrected chi connectivity index (χ0v) is 59.6. The monoisotopic (exact) mass is 1590 g/mol. The van der Waals surface area contributed by atoms with Gasteiger partial charge in [0.1, 0.15) is 184 Å². The van der Waals surface area contributed by atoms with Gasteiger partial charge in [0.2, 0.25) is 12.6 Å². The molecule has 0 amide bonds. The van der Waals surface area contributed by atoms with E-state index in [1.165, 1.54) is 55.4 Å². The van der Waals surface area contributed by atoms with Crippen molar-refractivity contribution in [2.75, 3.05) is 52.9 Å². The van der Waals surface area contributed by atoms with E-state index in [4.69, 9.17) is 105 Å². The molecule has 1 aromatic rings. The Labute approximate surface area is 618 Å². The van der Waals surface area contributed by atoms with Gasteiger partial charge in [0.15, 0.2) is 48.8 Å². The van der Waals surface area contributed by atoms with Crippen LogP contribution in [-0.4, -0.2) is 410 Å². The smallest absolute Gasteiger partial charge is 0.339 e. The molecule has 0 radical (unpaired) electrons. The van der Waals surface area contributed by atoms with Crippen molar-refractivity contribution < 1.29 is 227 Å². The van der Waals surface area contributed by atoms with Gasteiger partial charge < -0.3 is 183 Å². The van der Waals surface area contributed by atoms with Crippen LogP contribution in [0.1, 0.15) is 86.5 Å². The Bertz CT molecular complexity index is 3100. The lowest BCUT2D eigenvalue weighted by Gasteiger charge is -2.46. The summed E-state index contributed by atoms with van der Waals surface area (Å²) in [6, 6.07) is 2.36. The highest BCUT2D eigenvalue weighted by molar-refractivity contribution is 6.04. The molecule has 0 aromatic heterocycles. The van der Waals surface area contributed by atoms with Crippen LogP contribution in [0, 0.1) is 0 Å². The van der Waals surface area contributed by atoms with Crippen molar-refractivity contribution in [1.29, 1.82) is 0 Å². The molecule has 8 fully saturated rings. The molecule has 1 aromatic carbocycles. The number of benzene rings is 1. The van der Waals surface area contributed by atoms with Crippen LogP contribution in [0.3, 0.4) is 0 Å². The van der Waals surface area contributed by atoms with Crippen molar-refractivity contribution in [2.24, 2.45) is 0 Å². The molecule has 8 aliphatic rings. The molecule has 0 saturated carbocycles. The first kappa shape index (κ1) is 89.0. The van der Waals surface area contributed by atoms with Crippen molar-refractivity contribution >= 4 is 17.9 Å². The van der Waals surface area contributed by atoms with E-state index in [0.717, 1.165) is 12.1 Å². The van der Waals surface area contributed by atoms with Gasteiger partial charge in [-0.05, 0) is 73.6 Å². The van der Waals surface area contributed by atoms with E-state index >= 15 is 0 Å². The summed E-state index contributed by atoms with van der Waals surface area (Å²) in [4.78, 5) is 73.4. The number of aliphatic hydroxyl groups excluding tert-OH is 20. The van der Waals surface area contributed by atoms with Crippen molar-refractivity contribution in [2.45, 2.75) is 287 Å². The van der Waals surface area contributed by atoms with E-state index < -0.39 is 319 Å². The van der Waals surface area contributed by atoms with Gasteiger partial charge in [0.25, 0.3) is 0 Å². The third-order valence-corrected chi connectivity index (χ3v) is 18.6. The molecule has 8 heterocycles. The molecule has 34 atom stereocenters. The largest absolute Gasteiger partial charge is 0.478 e. The van der Waals surface area contributed by atoms with Crippen molar-refractivity contribution in [1.82, 2.24) is 0 Å². The van der Waals surface area contributed by atoms with E-state index in [9.17, 15) is 122 Å². The number of carboxylic acids is 1. The van der Waals surface area contributed by atoms with Crippen molar-refractivity contribution in [3.8, 4) is 0 Å². The van der Waals surface area contributed by atoms with Crippen LogP contribution in [0.2, 0.25) is 0 Å². The number of carbonyl (C=O) groups is 3. The molecular weight excluding hydrogens is 1490 g/mol. The number of hydrogen-bond acceptors (Lipinski definition) is 45. The van der Waals surface area contributed by atoms with Gasteiger partial charge in [-0.25, -0.2) is 43.7 Å². The number of carboxylic acid groups (broad SMARTS) is 1. The zero-order valence-electron chi connectivity index (χ0n) is 59.6. The average Bonchev–Trinajstić information content (AvgIpc) is 0.794. The Morgan fingerprint density at radius 3 is 1.22 bits per heavy atom. The van der Waals surface area contributed by atoms with Crippen LogP contribution < -0.4 is 0 Å². The second kappa shape index (κ2) is 36.9. The Morgan fingerprint density at radius 2 is 0.743 bits per heavy atom. The lowest BCUT2D eigenvalue weighted by atomic mass is 9.89. The maximum absolute atomic E-state index is 14.3. The number of ether oxygens (including phenoxy) is 16. The minimum atomic E-state index is -2.23. The van der Waals surface area contributed by atoms with Crippen LogP contribution in [0.5, 0.6) is 0 Å². The first-order chi connectivity index (χ1) is 50.9. The third kappa shape index (κ3) is 21.4. The number of aliphatic hydroxyl groups is 20. The molecular formula is C63H98O46. The maximum Gasteiger partial charge on any atom is 0.339 e. The third-order valence-electron chi connectivity index (χ3n) is 18.6. The van der Waals surface area contributed by atoms with Crippen LogP contribution in [0.25, 0.3) is 0 Å². The second-order valence-electron chi connectivity index (χ2n) is 28.8. The minimum absolute atomic E-state index is 0.402. The van der Waals surface area contributed by atoms with E-state index in [1.807, 2.05) is 0 Å². The lowest BCUT2D eigenvalue weighted by Crippen LogP contribution is -2.64. The van der Waals surface area contributed by atoms with Crippen molar-refractivity contribution in [3.63, 3.8) is 0 Å². The van der Waals surface area contributed by atoms with E-state index in [0.29, 0.717) is 6.07 Å². The second-order valence-corrected chi connectivity index (χ2v) is 28.8. The highest BCUT2D eigenvalue weighted by Crippen LogP contribution is 2.38. The molecule has 21 N–H and O–H groups in total. The van der Waals surface area contributed by atoms with Gasteiger partial charge >= 0.3 is 17.9 Å². The Morgan fingerprint density at radius 1 is 0.367 bits per heavy atom. The van der Waals surface area contributed by atoms with Gasteiger partial charge in [-0.1, -0.05) is 0 Å². The summed E-state index contributed by atoms with van der Waals surface area (Å²) in [6.07, 6.45) is -61.6. The normalized spacial score (nSPS) is 42.3. The molecule has 46 nitrogen and oxygen atoms in total. The summed E-state index contributed by atoms with van der Waals surface area (Å²) < 4.78 is 90.0. The fraction of sp³-hybridized carbons (Fsp3) is 0.857. The van der Waals surface area contributed by atoms with Gasteiger partial charge in [-0.3, -0.25) is 0 Å². The SMILES string of the molecule is CC(C)(OC1COC(O)C(O)C1O)OC1OCC(OOC2OC(COC(=O)c3cc(C(=O)OCC4OC(OOC5COC(C(C)(C)OOC6COC(O)C(O)C6O)C(O)C5O)C(O)C(O)C4OC(C)(C)OC4OCC(O)C(O)C4O)ccc3C(=O)O)C(OC(C)(C)OC3OCC(O)C(O)C3O)C(O)C2O)C(O)C1O. The van der Waals surface area contributed by atoms with Gasteiger partial charge in [0.05, 0.1) is 56.3 Å². The summed E-state index contributed by atoms with van der Waals surface area (Å²) in [5, 5.41) is 224. The van der Waals surface area contributed by atoms with E-state index in [-0.39, 0.29) is 0 Å². The predicted octanol–water partition coefficient (Wildman–Crippen LogP) is -11.0. The zero-order chi connectivity index (χ0) is 80.4. The summed E-state index contributed by atoms with van der Waals surface area (Å²) in [5.41, 5.74) is -3.96. The molecule has 0 bridgehead atoms.